The molecule has 2 unspecified atom stereocenters. The number of hydrogen-bond donors (Lipinski definition) is 6. The predicted octanol–water partition coefficient (Wildman–Crippen LogP) is -0.506. The number of rotatable bonds is 9. The van der Waals surface area contributed by atoms with Crippen molar-refractivity contribution in [1.29, 1.82) is 5.41 Å². The van der Waals surface area contributed by atoms with Crippen LogP contribution in [0.3, 0.4) is 0 Å². The number of carbonyl (C=O) groups excluding carboxylic acids is 4. The summed E-state index contributed by atoms with van der Waals surface area (Å²) in [6, 6.07) is 6.86. The number of carbonyl (C=O) groups is 4. The molecule has 0 aromatic heterocycles. The largest absolute Gasteiger partial charge is 0.384 e. The molecule has 1 fully saturated rings. The van der Waals surface area contributed by atoms with Crippen molar-refractivity contribution in [1.82, 2.24) is 21.3 Å². The number of amidine groups is 1. The van der Waals surface area contributed by atoms with Gasteiger partial charge in [0.2, 0.25) is 17.7 Å². The van der Waals surface area contributed by atoms with Crippen molar-refractivity contribution in [2.75, 3.05) is 6.54 Å². The third kappa shape index (κ3) is 5.47. The van der Waals surface area contributed by atoms with Crippen LogP contribution in [0, 0.1) is 17.2 Å². The third-order valence-corrected chi connectivity index (χ3v) is 5.54. The lowest BCUT2D eigenvalue weighted by Crippen LogP contribution is -2.54. The fraction of sp³-hybridized carbons (Fsp3) is 0.381. The van der Waals surface area contributed by atoms with Crippen LogP contribution in [0.15, 0.2) is 36.5 Å². The van der Waals surface area contributed by atoms with E-state index >= 15 is 0 Å². The number of nitrogens with two attached hydrogens (primary N) is 1. The van der Waals surface area contributed by atoms with Gasteiger partial charge in [-0.2, -0.15) is 0 Å². The molecule has 7 N–H and O–H groups in total. The van der Waals surface area contributed by atoms with Crippen LogP contribution >= 0.6 is 0 Å². The van der Waals surface area contributed by atoms with E-state index < -0.39 is 29.2 Å². The van der Waals surface area contributed by atoms with Crippen molar-refractivity contribution in [3.63, 3.8) is 0 Å². The molecule has 10 heteroatoms. The van der Waals surface area contributed by atoms with E-state index in [4.69, 9.17) is 11.1 Å². The Balaban J connectivity index is 1.88. The van der Waals surface area contributed by atoms with Gasteiger partial charge in [-0.15, -0.1) is 0 Å². The van der Waals surface area contributed by atoms with E-state index in [0.29, 0.717) is 5.56 Å². The van der Waals surface area contributed by atoms with Crippen molar-refractivity contribution in [2.45, 2.75) is 32.9 Å². The molecule has 2 atom stereocenters. The van der Waals surface area contributed by atoms with Gasteiger partial charge < -0.3 is 27.0 Å². The van der Waals surface area contributed by atoms with Gasteiger partial charge in [0.15, 0.2) is 0 Å². The quantitative estimate of drug-likeness (QED) is 0.177. The molecule has 2 rings (SSSR count). The molecule has 10 nitrogen and oxygen atoms in total. The van der Waals surface area contributed by atoms with E-state index in [1.54, 1.807) is 24.3 Å². The van der Waals surface area contributed by atoms with Crippen molar-refractivity contribution in [3.05, 3.63) is 47.7 Å². The lowest BCUT2D eigenvalue weighted by atomic mass is 10.1. The lowest BCUT2D eigenvalue weighted by Gasteiger charge is -2.20. The van der Waals surface area contributed by atoms with Gasteiger partial charge in [0.05, 0.1) is 12.2 Å². The fourth-order valence-electron chi connectivity index (χ4n) is 3.38. The molecule has 0 aliphatic heterocycles. The molecule has 0 saturated heterocycles. The van der Waals surface area contributed by atoms with Crippen molar-refractivity contribution < 1.29 is 19.2 Å². The van der Waals surface area contributed by atoms with Gasteiger partial charge in [-0.25, -0.2) is 0 Å². The summed E-state index contributed by atoms with van der Waals surface area (Å²) >= 11 is 0. The average molecular weight is 428 g/mol. The normalized spacial score (nSPS) is 21.4. The van der Waals surface area contributed by atoms with Gasteiger partial charge in [-0.05, 0) is 17.4 Å². The zero-order chi connectivity index (χ0) is 23.3. The summed E-state index contributed by atoms with van der Waals surface area (Å²) in [4.78, 5) is 48.3. The summed E-state index contributed by atoms with van der Waals surface area (Å²) in [7, 11) is 0. The van der Waals surface area contributed by atoms with Crippen LogP contribution in [0.25, 0.3) is 0 Å². The second kappa shape index (κ2) is 9.41. The predicted molar refractivity (Wildman–Crippen MR) is 114 cm³/mol. The Morgan fingerprint density at radius 1 is 1.10 bits per heavy atom. The molecule has 4 amide bonds. The van der Waals surface area contributed by atoms with E-state index in [1.165, 1.54) is 6.92 Å². The van der Waals surface area contributed by atoms with Gasteiger partial charge in [-0.1, -0.05) is 44.7 Å². The second-order valence-corrected chi connectivity index (χ2v) is 7.63. The van der Waals surface area contributed by atoms with Gasteiger partial charge >= 0.3 is 0 Å². The Morgan fingerprint density at radius 2 is 1.68 bits per heavy atom. The van der Waals surface area contributed by atoms with Crippen LogP contribution in [-0.4, -0.2) is 41.5 Å². The average Bonchev–Trinajstić information content (AvgIpc) is 3.24. The number of nitrogen functional groups attached to an aromatic ring is 1. The van der Waals surface area contributed by atoms with Crippen molar-refractivity contribution >= 4 is 29.5 Å². The zero-order valence-corrected chi connectivity index (χ0v) is 17.8. The van der Waals surface area contributed by atoms with Crippen LogP contribution < -0.4 is 27.0 Å². The topological polar surface area (TPSA) is 166 Å². The van der Waals surface area contributed by atoms with E-state index in [9.17, 15) is 19.2 Å². The smallest absolute Gasteiger partial charge is 0.268 e. The highest BCUT2D eigenvalue weighted by molar-refractivity contribution is 6.02. The maximum absolute atomic E-state index is 12.8. The molecule has 1 aliphatic rings. The number of hydrogen-bond acceptors (Lipinski definition) is 5. The highest BCUT2D eigenvalue weighted by atomic mass is 16.2. The minimum atomic E-state index is -1.17. The minimum absolute atomic E-state index is 0.0384. The standard InChI is InChI=1S/C21H28N6O4/c1-11-12(2)21(11,27-19(30)13(3)26-14(4)28)20(31)25-10-17(29)24-9-15-5-7-16(8-6-15)18(22)23/h5-8,11-12H,3,9-10H2,1-2,4H3,(H3,22,23)(H,24,29)(H,25,31)(H,26,28)(H,27,30). The van der Waals surface area contributed by atoms with Crippen LogP contribution in [0.1, 0.15) is 31.9 Å². The summed E-state index contributed by atoms with van der Waals surface area (Å²) < 4.78 is 0. The Labute approximate surface area is 180 Å². The molecular formula is C21H28N6O4. The Morgan fingerprint density at radius 3 is 2.16 bits per heavy atom. The molecule has 1 aliphatic carbocycles. The molecule has 1 aromatic rings. The first kappa shape index (κ1) is 23.6. The first-order valence-electron chi connectivity index (χ1n) is 9.76. The summed E-state index contributed by atoms with van der Waals surface area (Å²) in [6.07, 6.45) is 0. The van der Waals surface area contributed by atoms with E-state index in [2.05, 4.69) is 27.8 Å². The number of benzene rings is 1. The van der Waals surface area contributed by atoms with Crippen LogP contribution in [0.2, 0.25) is 0 Å². The van der Waals surface area contributed by atoms with E-state index in [1.807, 2.05) is 13.8 Å². The summed E-state index contributed by atoms with van der Waals surface area (Å²) in [5.41, 5.74) is 5.49. The molecular weight excluding hydrogens is 400 g/mol. The van der Waals surface area contributed by atoms with Gasteiger partial charge in [0, 0.05) is 19.0 Å². The summed E-state index contributed by atoms with van der Waals surface area (Å²) in [5.74, 6) is -2.30. The molecule has 0 bridgehead atoms. The highest BCUT2D eigenvalue weighted by Crippen LogP contribution is 2.50. The van der Waals surface area contributed by atoms with Crippen LogP contribution in [0.5, 0.6) is 0 Å². The SMILES string of the molecule is C=C(NC(C)=O)C(=O)NC1(C(=O)NCC(=O)NCc2ccc(C(=N)N)cc2)C(C)C1C. The third-order valence-electron chi connectivity index (χ3n) is 5.54. The highest BCUT2D eigenvalue weighted by Gasteiger charge is 2.65. The first-order valence-corrected chi connectivity index (χ1v) is 9.76. The Kier molecular flexibility index (Phi) is 7.16. The molecule has 1 aromatic carbocycles. The van der Waals surface area contributed by atoms with Crippen molar-refractivity contribution in [2.24, 2.45) is 17.6 Å². The zero-order valence-electron chi connectivity index (χ0n) is 17.8. The molecule has 1 saturated carbocycles. The van der Waals surface area contributed by atoms with Gasteiger partial charge in [-0.3, -0.25) is 24.6 Å². The molecule has 0 radical (unpaired) electrons. The Bertz CT molecular complexity index is 916. The van der Waals surface area contributed by atoms with E-state index in [0.717, 1.165) is 5.56 Å². The maximum Gasteiger partial charge on any atom is 0.268 e. The molecule has 0 heterocycles. The number of amides is 4. The lowest BCUT2D eigenvalue weighted by molar-refractivity contribution is -0.131. The monoisotopic (exact) mass is 428 g/mol. The first-order chi connectivity index (χ1) is 14.5. The minimum Gasteiger partial charge on any atom is -0.384 e. The van der Waals surface area contributed by atoms with E-state index in [-0.39, 0.29) is 36.5 Å². The summed E-state index contributed by atoms with van der Waals surface area (Å²) in [5, 5.41) is 17.6. The van der Waals surface area contributed by atoms with Crippen LogP contribution in [0.4, 0.5) is 0 Å². The fourth-order valence-corrected chi connectivity index (χ4v) is 3.38. The summed E-state index contributed by atoms with van der Waals surface area (Å²) in [6.45, 7) is 8.37. The van der Waals surface area contributed by atoms with Gasteiger partial charge in [0.1, 0.15) is 11.4 Å². The van der Waals surface area contributed by atoms with Gasteiger partial charge in [0.25, 0.3) is 5.91 Å². The molecule has 0 spiro atoms. The second-order valence-electron chi connectivity index (χ2n) is 7.63. The number of nitrogens with one attached hydrogen (secondary N) is 5. The molecule has 166 valence electrons. The maximum atomic E-state index is 12.8. The molecule has 31 heavy (non-hydrogen) atoms. The van der Waals surface area contributed by atoms with Crippen LogP contribution in [-0.2, 0) is 25.7 Å². The Hall–Kier alpha value is -3.69. The van der Waals surface area contributed by atoms with Crippen molar-refractivity contribution in [3.8, 4) is 0 Å².